The van der Waals surface area contributed by atoms with Crippen LogP contribution in [0.3, 0.4) is 0 Å². The first-order valence-electron chi connectivity index (χ1n) is 11.5. The maximum absolute atomic E-state index is 14.2. The average Bonchev–Trinajstić information content (AvgIpc) is 2.77. The monoisotopic (exact) mass is 412 g/mol. The standard InChI is InChI=1S/C27H34F2O/c1-3-7-20-10-14-22(15-11-20)23-16-12-21(13-17-23)8-5-6-9-24-18-19-25(30-4-2)27(29)26(24)28/h5,8,10-11,14-15,18-19,21,23H,3-4,6-7,9,12-13,16-17H2,1-2H3/b8-5+/t21-,23-. The van der Waals surface area contributed by atoms with Crippen molar-refractivity contribution in [3.63, 3.8) is 0 Å². The largest absolute Gasteiger partial charge is 0.491 e. The van der Waals surface area contributed by atoms with E-state index in [1.807, 2.05) is 0 Å². The molecule has 1 nitrogen and oxygen atoms in total. The molecule has 0 spiro atoms. The summed E-state index contributed by atoms with van der Waals surface area (Å²) < 4.78 is 33.2. The first-order valence-corrected chi connectivity index (χ1v) is 11.5. The molecule has 0 aliphatic heterocycles. The van der Waals surface area contributed by atoms with Gasteiger partial charge in [-0.25, -0.2) is 4.39 Å². The van der Waals surface area contributed by atoms with Crippen molar-refractivity contribution in [2.24, 2.45) is 5.92 Å². The molecule has 162 valence electrons. The predicted octanol–water partition coefficient (Wildman–Crippen LogP) is 7.78. The number of halogens is 2. The van der Waals surface area contributed by atoms with Gasteiger partial charge < -0.3 is 4.74 Å². The van der Waals surface area contributed by atoms with Crippen LogP contribution in [0, 0.1) is 17.6 Å². The molecule has 3 heteroatoms. The number of hydrogen-bond donors (Lipinski definition) is 0. The maximum Gasteiger partial charge on any atom is 0.200 e. The second kappa shape index (κ2) is 11.3. The summed E-state index contributed by atoms with van der Waals surface area (Å²) in [6.07, 6.45) is 12.8. The van der Waals surface area contributed by atoms with Gasteiger partial charge in [0.1, 0.15) is 0 Å². The molecule has 0 unspecified atom stereocenters. The Morgan fingerprint density at radius 2 is 1.63 bits per heavy atom. The normalized spacial score (nSPS) is 19.3. The van der Waals surface area contributed by atoms with Gasteiger partial charge in [-0.05, 0) is 86.5 Å². The molecule has 1 aliphatic carbocycles. The SMILES string of the molecule is CCCc1ccc([C@H]2CC[C@H](/C=C/CCc3ccc(OCC)c(F)c3F)CC2)cc1. The molecule has 0 N–H and O–H groups in total. The summed E-state index contributed by atoms with van der Waals surface area (Å²) >= 11 is 0. The van der Waals surface area contributed by atoms with Crippen molar-refractivity contribution in [3.05, 3.63) is 76.9 Å². The molecular formula is C27H34F2O. The van der Waals surface area contributed by atoms with Crippen molar-refractivity contribution in [1.29, 1.82) is 0 Å². The second-order valence-corrected chi connectivity index (χ2v) is 8.35. The van der Waals surface area contributed by atoms with E-state index in [2.05, 4.69) is 43.3 Å². The Balaban J connectivity index is 1.44. The molecular weight excluding hydrogens is 378 g/mol. The van der Waals surface area contributed by atoms with Crippen molar-refractivity contribution in [2.45, 2.75) is 71.1 Å². The first-order chi connectivity index (χ1) is 14.6. The van der Waals surface area contributed by atoms with Gasteiger partial charge in [-0.3, -0.25) is 0 Å². The molecule has 2 aromatic carbocycles. The lowest BCUT2D eigenvalue weighted by molar-refractivity contribution is 0.313. The van der Waals surface area contributed by atoms with Crippen LogP contribution in [0.4, 0.5) is 8.78 Å². The van der Waals surface area contributed by atoms with E-state index in [0.29, 0.717) is 30.4 Å². The van der Waals surface area contributed by atoms with Crippen molar-refractivity contribution in [2.75, 3.05) is 6.61 Å². The third-order valence-electron chi connectivity index (χ3n) is 6.18. The lowest BCUT2D eigenvalue weighted by atomic mass is 9.78. The van der Waals surface area contributed by atoms with Crippen LogP contribution < -0.4 is 4.74 Å². The van der Waals surface area contributed by atoms with Crippen LogP contribution in [0.5, 0.6) is 5.75 Å². The summed E-state index contributed by atoms with van der Waals surface area (Å²) in [5.41, 5.74) is 3.32. The Bertz CT molecular complexity index is 818. The zero-order chi connectivity index (χ0) is 21.3. The summed E-state index contributed by atoms with van der Waals surface area (Å²) in [7, 11) is 0. The number of hydrogen-bond acceptors (Lipinski definition) is 1. The highest BCUT2D eigenvalue weighted by Gasteiger charge is 2.20. The van der Waals surface area contributed by atoms with Crippen molar-refractivity contribution < 1.29 is 13.5 Å². The molecule has 1 saturated carbocycles. The van der Waals surface area contributed by atoms with Crippen molar-refractivity contribution in [3.8, 4) is 5.75 Å². The Morgan fingerprint density at radius 3 is 2.30 bits per heavy atom. The van der Waals surface area contributed by atoms with E-state index in [1.165, 1.54) is 49.3 Å². The summed E-state index contributed by atoms with van der Waals surface area (Å²) in [5, 5.41) is 0. The van der Waals surface area contributed by atoms with E-state index in [9.17, 15) is 8.78 Å². The molecule has 1 aliphatic rings. The number of aryl methyl sites for hydroxylation is 2. The molecule has 0 aromatic heterocycles. The van der Waals surface area contributed by atoms with E-state index < -0.39 is 11.6 Å². The molecule has 0 saturated heterocycles. The van der Waals surface area contributed by atoms with Gasteiger partial charge in [0.2, 0.25) is 5.82 Å². The molecule has 0 atom stereocenters. The van der Waals surface area contributed by atoms with Gasteiger partial charge in [0.15, 0.2) is 11.6 Å². The molecule has 0 heterocycles. The van der Waals surface area contributed by atoms with E-state index in [1.54, 1.807) is 13.0 Å². The highest BCUT2D eigenvalue weighted by Crippen LogP contribution is 2.36. The summed E-state index contributed by atoms with van der Waals surface area (Å²) in [6, 6.07) is 12.4. The van der Waals surface area contributed by atoms with Crippen LogP contribution in [0.1, 0.15) is 75.0 Å². The highest BCUT2D eigenvalue weighted by molar-refractivity contribution is 5.31. The molecule has 3 rings (SSSR count). The topological polar surface area (TPSA) is 9.23 Å². The van der Waals surface area contributed by atoms with Gasteiger partial charge in [0, 0.05) is 0 Å². The van der Waals surface area contributed by atoms with E-state index in [0.717, 1.165) is 12.8 Å². The number of allylic oxidation sites excluding steroid dienone is 2. The van der Waals surface area contributed by atoms with E-state index >= 15 is 0 Å². The minimum Gasteiger partial charge on any atom is -0.491 e. The van der Waals surface area contributed by atoms with Gasteiger partial charge >= 0.3 is 0 Å². The first kappa shape index (κ1) is 22.5. The van der Waals surface area contributed by atoms with Crippen molar-refractivity contribution >= 4 is 0 Å². The zero-order valence-electron chi connectivity index (χ0n) is 18.3. The van der Waals surface area contributed by atoms with E-state index in [-0.39, 0.29) is 5.75 Å². The van der Waals surface area contributed by atoms with Gasteiger partial charge in [-0.2, -0.15) is 4.39 Å². The van der Waals surface area contributed by atoms with Gasteiger partial charge in [-0.15, -0.1) is 0 Å². The van der Waals surface area contributed by atoms with Crippen LogP contribution in [0.15, 0.2) is 48.6 Å². The predicted molar refractivity (Wildman–Crippen MR) is 120 cm³/mol. The quantitative estimate of drug-likeness (QED) is 0.382. The molecule has 1 fully saturated rings. The third kappa shape index (κ3) is 5.93. The van der Waals surface area contributed by atoms with Crippen LogP contribution >= 0.6 is 0 Å². The minimum absolute atomic E-state index is 0.00828. The molecule has 0 bridgehead atoms. The number of benzene rings is 2. The third-order valence-corrected chi connectivity index (χ3v) is 6.18. The number of ether oxygens (including phenoxy) is 1. The minimum atomic E-state index is -0.876. The maximum atomic E-state index is 14.2. The summed E-state index contributed by atoms with van der Waals surface area (Å²) in [4.78, 5) is 0. The molecule has 0 amide bonds. The Morgan fingerprint density at radius 1 is 0.900 bits per heavy atom. The van der Waals surface area contributed by atoms with E-state index in [4.69, 9.17) is 4.74 Å². The molecule has 0 radical (unpaired) electrons. The van der Waals surface area contributed by atoms with Crippen molar-refractivity contribution in [1.82, 2.24) is 0 Å². The lowest BCUT2D eigenvalue weighted by Gasteiger charge is -2.27. The van der Waals surface area contributed by atoms with Gasteiger partial charge in [0.05, 0.1) is 6.61 Å². The summed E-state index contributed by atoms with van der Waals surface area (Å²) in [5.74, 6) is -0.390. The summed E-state index contributed by atoms with van der Waals surface area (Å²) in [6.45, 7) is 4.30. The fourth-order valence-electron chi connectivity index (χ4n) is 4.45. The smallest absolute Gasteiger partial charge is 0.200 e. The van der Waals surface area contributed by atoms with Crippen LogP contribution in [0.2, 0.25) is 0 Å². The molecule has 2 aromatic rings. The lowest BCUT2D eigenvalue weighted by Crippen LogP contribution is -2.11. The van der Waals surface area contributed by atoms with Crippen LogP contribution in [-0.2, 0) is 12.8 Å². The second-order valence-electron chi connectivity index (χ2n) is 8.35. The molecule has 30 heavy (non-hydrogen) atoms. The van der Waals surface area contributed by atoms with Gasteiger partial charge in [0.25, 0.3) is 0 Å². The fraction of sp³-hybridized carbons (Fsp3) is 0.481. The average molecular weight is 413 g/mol. The number of rotatable bonds is 9. The highest BCUT2D eigenvalue weighted by atomic mass is 19.2. The Labute approximate surface area is 180 Å². The van der Waals surface area contributed by atoms with Gasteiger partial charge in [-0.1, -0.05) is 55.8 Å². The van der Waals surface area contributed by atoms with Crippen LogP contribution in [-0.4, -0.2) is 6.61 Å². The Kier molecular flexibility index (Phi) is 8.48. The zero-order valence-corrected chi connectivity index (χ0v) is 18.3. The van der Waals surface area contributed by atoms with Crippen LogP contribution in [0.25, 0.3) is 0 Å². The Hall–Kier alpha value is -2.16. The fourth-order valence-corrected chi connectivity index (χ4v) is 4.45.